The Balaban J connectivity index is 0.000000161. The lowest BCUT2D eigenvalue weighted by Crippen LogP contribution is -2.10. The van der Waals surface area contributed by atoms with Crippen LogP contribution in [-0.4, -0.2) is 26.1 Å². The number of hydrogen-bond acceptors (Lipinski definition) is 7. The summed E-state index contributed by atoms with van der Waals surface area (Å²) in [5.74, 6) is 0.850. The number of anilines is 10. The van der Waals surface area contributed by atoms with Gasteiger partial charge in [0.1, 0.15) is 5.75 Å². The van der Waals surface area contributed by atoms with Gasteiger partial charge in [-0.15, -0.1) is 0 Å². The van der Waals surface area contributed by atoms with Crippen molar-refractivity contribution in [2.24, 2.45) is 0 Å². The van der Waals surface area contributed by atoms with Crippen molar-refractivity contribution in [2.75, 3.05) is 40.8 Å². The number of benzene rings is 14. The zero-order chi connectivity index (χ0) is 59.2. The zero-order valence-corrected chi connectivity index (χ0v) is 48.5. The van der Waals surface area contributed by atoms with Gasteiger partial charge in [-0.1, -0.05) is 176 Å². The van der Waals surface area contributed by atoms with Gasteiger partial charge in [0, 0.05) is 89.2 Å². The molecule has 8 heteroatoms. The van der Waals surface area contributed by atoms with Gasteiger partial charge in [-0.25, -0.2) is 0 Å². The minimum atomic E-state index is -0.382. The van der Waals surface area contributed by atoms with E-state index < -0.39 is 0 Å². The lowest BCUT2D eigenvalue weighted by molar-refractivity contribution is -0.384. The number of rotatable bonds is 14. The van der Waals surface area contributed by atoms with Gasteiger partial charge in [0.2, 0.25) is 0 Å². The number of fused-ring (bicyclic) bond motifs is 4. The highest BCUT2D eigenvalue weighted by atomic mass is 16.6. The van der Waals surface area contributed by atoms with E-state index in [1.165, 1.54) is 66.3 Å². The van der Waals surface area contributed by atoms with Crippen molar-refractivity contribution in [1.82, 2.24) is 0 Å². The fourth-order valence-corrected chi connectivity index (χ4v) is 11.4. The number of nitro benzene ring substituents is 1. The topological polar surface area (TPSA) is 65.3 Å². The van der Waals surface area contributed by atoms with Gasteiger partial charge in [-0.3, -0.25) is 10.1 Å². The smallest absolute Gasteiger partial charge is 0.269 e. The second-order valence-electron chi connectivity index (χ2n) is 21.6. The van der Waals surface area contributed by atoms with Crippen LogP contribution in [-0.2, 0) is 0 Å². The van der Waals surface area contributed by atoms with E-state index in [1.807, 2.05) is 30.1 Å². The molecular formula is C79H61N5O3. The largest absolute Gasteiger partial charge is 0.497 e. The van der Waals surface area contributed by atoms with Crippen molar-refractivity contribution in [1.29, 1.82) is 0 Å². The van der Waals surface area contributed by atoms with Gasteiger partial charge in [-0.05, 0) is 187 Å². The van der Waals surface area contributed by atoms with Crippen LogP contribution in [0.2, 0.25) is 0 Å². The zero-order valence-electron chi connectivity index (χ0n) is 48.5. The van der Waals surface area contributed by atoms with Crippen LogP contribution < -0.4 is 24.3 Å². The second kappa shape index (κ2) is 24.4. The van der Waals surface area contributed by atoms with E-state index in [-0.39, 0.29) is 10.6 Å². The van der Waals surface area contributed by atoms with Gasteiger partial charge in [0.05, 0.1) is 12.0 Å². The molecule has 0 N–H and O–H groups in total. The Morgan fingerprint density at radius 2 is 0.552 bits per heavy atom. The summed E-state index contributed by atoms with van der Waals surface area (Å²) in [6.07, 6.45) is 0. The second-order valence-corrected chi connectivity index (χ2v) is 21.6. The van der Waals surface area contributed by atoms with Gasteiger partial charge in [0.25, 0.3) is 5.69 Å². The van der Waals surface area contributed by atoms with Crippen LogP contribution in [0.5, 0.6) is 5.75 Å². The Labute approximate surface area is 507 Å². The van der Waals surface area contributed by atoms with Crippen molar-refractivity contribution in [3.63, 3.8) is 0 Å². The molecule has 0 unspecified atom stereocenters. The maximum Gasteiger partial charge on any atom is 0.269 e. The van der Waals surface area contributed by atoms with E-state index in [0.717, 1.165) is 73.8 Å². The summed E-state index contributed by atoms with van der Waals surface area (Å²) in [5, 5.41) is 20.8. The Hall–Kier alpha value is -11.5. The molecule has 0 radical (unpaired) electrons. The maximum atomic E-state index is 11.0. The van der Waals surface area contributed by atoms with E-state index in [1.54, 1.807) is 19.2 Å². The van der Waals surface area contributed by atoms with Crippen LogP contribution in [0, 0.1) is 10.1 Å². The summed E-state index contributed by atoms with van der Waals surface area (Å²) in [6.45, 7) is 0. The fourth-order valence-electron chi connectivity index (χ4n) is 11.4. The Kier molecular flexibility index (Phi) is 15.3. The summed E-state index contributed by atoms with van der Waals surface area (Å²) in [7, 11) is 5.73. The number of methoxy groups -OCH3 is 1. The van der Waals surface area contributed by atoms with E-state index in [0.29, 0.717) is 0 Å². The summed E-state index contributed by atoms with van der Waals surface area (Å²) >= 11 is 0. The van der Waals surface area contributed by atoms with Gasteiger partial charge in [0.15, 0.2) is 0 Å². The molecule has 14 rings (SSSR count). The molecule has 8 nitrogen and oxygen atoms in total. The molecule has 87 heavy (non-hydrogen) atoms. The molecule has 0 saturated heterocycles. The first-order chi connectivity index (χ1) is 42.7. The molecular weight excluding hydrogens is 1070 g/mol. The minimum absolute atomic E-state index is 0.0840. The van der Waals surface area contributed by atoms with Crippen LogP contribution in [0.25, 0.3) is 65.3 Å². The van der Waals surface area contributed by atoms with E-state index in [9.17, 15) is 10.1 Å². The van der Waals surface area contributed by atoms with Crippen molar-refractivity contribution < 1.29 is 9.66 Å². The molecule has 0 aliphatic carbocycles. The van der Waals surface area contributed by atoms with Crippen LogP contribution in [0.1, 0.15) is 0 Å². The first-order valence-electron chi connectivity index (χ1n) is 29.0. The van der Waals surface area contributed by atoms with E-state index in [2.05, 4.69) is 295 Å². The lowest BCUT2D eigenvalue weighted by Gasteiger charge is -2.26. The highest BCUT2D eigenvalue weighted by molar-refractivity contribution is 5.95. The molecule has 0 heterocycles. The third-order valence-corrected chi connectivity index (χ3v) is 16.3. The summed E-state index contributed by atoms with van der Waals surface area (Å²) < 4.78 is 5.41. The summed E-state index contributed by atoms with van der Waals surface area (Å²) in [5.41, 5.74) is 15.4. The maximum absolute atomic E-state index is 11.0. The Bertz CT molecular complexity index is 4580. The number of non-ortho nitro benzene ring substituents is 1. The molecule has 0 atom stereocenters. The quantitative estimate of drug-likeness (QED) is 0.0794. The van der Waals surface area contributed by atoms with Crippen molar-refractivity contribution in [3.8, 4) is 28.0 Å². The van der Waals surface area contributed by atoms with Crippen LogP contribution in [0.3, 0.4) is 0 Å². The predicted molar refractivity (Wildman–Crippen MR) is 365 cm³/mol. The minimum Gasteiger partial charge on any atom is -0.497 e. The summed E-state index contributed by atoms with van der Waals surface area (Å²) in [6, 6.07) is 110. The van der Waals surface area contributed by atoms with E-state index >= 15 is 0 Å². The lowest BCUT2D eigenvalue weighted by atomic mass is 10.0. The SMILES string of the molecule is CN(c1ccc(-c2ccc(N(c3ccc4ccccc4c3)c3ccc4ccccc4c3)cc2)cc1)c1ccc([N+](=O)[O-])cc1.COc1cccc(N(C)c2ccc(-c3ccc(N(c4ccc5ccccc5c4)c4ccc5ccccc5c4)cc3)cc2)c1. The third kappa shape index (κ3) is 11.8. The molecule has 0 bridgehead atoms. The molecule has 420 valence electrons. The molecule has 0 spiro atoms. The molecule has 0 fully saturated rings. The normalized spacial score (nSPS) is 11.0. The third-order valence-electron chi connectivity index (χ3n) is 16.3. The van der Waals surface area contributed by atoms with E-state index in [4.69, 9.17) is 4.74 Å². The molecule has 14 aromatic rings. The highest BCUT2D eigenvalue weighted by Crippen LogP contribution is 2.41. The monoisotopic (exact) mass is 1130 g/mol. The number of hydrogen-bond donors (Lipinski definition) is 0. The predicted octanol–water partition coefficient (Wildman–Crippen LogP) is 21.7. The van der Waals surface area contributed by atoms with Crippen molar-refractivity contribution in [3.05, 3.63) is 326 Å². The highest BCUT2D eigenvalue weighted by Gasteiger charge is 2.18. The molecule has 0 amide bonds. The van der Waals surface area contributed by atoms with Crippen LogP contribution >= 0.6 is 0 Å². The Morgan fingerprint density at radius 3 is 0.862 bits per heavy atom. The number of nitrogens with zero attached hydrogens (tertiary/aromatic N) is 5. The molecule has 0 saturated carbocycles. The number of nitro groups is 1. The molecule has 0 aliphatic heterocycles. The summed E-state index contributed by atoms with van der Waals surface area (Å²) in [4.78, 5) is 19.5. The first kappa shape index (κ1) is 54.8. The average Bonchev–Trinajstić information content (AvgIpc) is 3.51. The fraction of sp³-hybridized carbons (Fsp3) is 0.0380. The van der Waals surface area contributed by atoms with Crippen molar-refractivity contribution in [2.45, 2.75) is 0 Å². The van der Waals surface area contributed by atoms with Gasteiger partial charge < -0.3 is 24.3 Å². The van der Waals surface area contributed by atoms with Gasteiger partial charge >= 0.3 is 0 Å². The van der Waals surface area contributed by atoms with Crippen LogP contribution in [0.15, 0.2) is 315 Å². The van der Waals surface area contributed by atoms with Gasteiger partial charge in [-0.2, -0.15) is 0 Å². The first-order valence-corrected chi connectivity index (χ1v) is 29.0. The molecule has 0 aromatic heterocycles. The average molecular weight is 1130 g/mol. The molecule has 0 aliphatic rings. The van der Waals surface area contributed by atoms with Crippen LogP contribution in [0.4, 0.5) is 62.6 Å². The number of ether oxygens (including phenoxy) is 1. The molecule has 14 aromatic carbocycles. The standard InChI is InChI=1S/C40H32N2O.C39H29N3O2/c1-41(37-12-7-13-40(28-37)43-2)35-20-14-31(15-21-35)32-16-22-36(23-17-32)42(38-24-18-29-8-3-5-10-33(29)26-38)39-25-19-30-9-4-6-11-34(30)27-39;1-40(35-22-24-37(25-23-35)42(43)44)34-16-10-30(11-17-34)31-12-18-36(19-13-31)41(38-20-14-28-6-2-4-8-32(28)26-38)39-21-15-29-7-3-5-9-33(29)27-39/h3-28H,1-2H3;2-27H,1H3. The van der Waals surface area contributed by atoms with Crippen molar-refractivity contribution >= 4 is 106 Å². The Morgan fingerprint density at radius 1 is 0.276 bits per heavy atom.